The zero-order valence-corrected chi connectivity index (χ0v) is 11.1. The van der Waals surface area contributed by atoms with Gasteiger partial charge in [0.1, 0.15) is 6.54 Å². The van der Waals surface area contributed by atoms with E-state index < -0.39 is 24.0 Å². The van der Waals surface area contributed by atoms with Crippen LogP contribution in [0.25, 0.3) is 0 Å². The molecule has 4 N–H and O–H groups in total. The lowest BCUT2D eigenvalue weighted by molar-refractivity contribution is -0.135. The van der Waals surface area contributed by atoms with E-state index in [9.17, 15) is 14.4 Å². The maximum absolute atomic E-state index is 11.8. The van der Waals surface area contributed by atoms with Crippen LogP contribution >= 0.6 is 0 Å². The molecule has 0 radical (unpaired) electrons. The summed E-state index contributed by atoms with van der Waals surface area (Å²) in [4.78, 5) is 33.6. The van der Waals surface area contributed by atoms with E-state index in [0.29, 0.717) is 5.69 Å². The fourth-order valence-corrected chi connectivity index (χ4v) is 1.98. The Hall–Kier alpha value is -2.57. The number of carboxylic acids is 1. The van der Waals surface area contributed by atoms with E-state index in [0.717, 1.165) is 11.3 Å². The zero-order chi connectivity index (χ0) is 14.9. The molecule has 0 bridgehead atoms. The second-order valence-corrected chi connectivity index (χ2v) is 5.04. The third-order valence-corrected chi connectivity index (χ3v) is 3.17. The Balaban J connectivity index is 2.13. The summed E-state index contributed by atoms with van der Waals surface area (Å²) in [5.74, 6) is -1.22. The SMILES string of the molecule is CC1(C)C(=O)Nc2ccc(NC(=O)NCC(=O)O)cc21. The van der Waals surface area contributed by atoms with Gasteiger partial charge in [-0.1, -0.05) is 0 Å². The monoisotopic (exact) mass is 277 g/mol. The highest BCUT2D eigenvalue weighted by atomic mass is 16.4. The average Bonchev–Trinajstić information content (AvgIpc) is 2.59. The van der Waals surface area contributed by atoms with Gasteiger partial charge in [-0.15, -0.1) is 0 Å². The second kappa shape index (κ2) is 4.84. The van der Waals surface area contributed by atoms with E-state index in [1.54, 1.807) is 32.0 Å². The van der Waals surface area contributed by atoms with E-state index >= 15 is 0 Å². The molecule has 7 nitrogen and oxygen atoms in total. The summed E-state index contributed by atoms with van der Waals surface area (Å²) in [7, 11) is 0. The van der Waals surface area contributed by atoms with Crippen LogP contribution in [0, 0.1) is 0 Å². The first-order chi connectivity index (χ1) is 9.30. The van der Waals surface area contributed by atoms with Crippen molar-refractivity contribution < 1.29 is 19.5 Å². The molecule has 0 atom stereocenters. The number of fused-ring (bicyclic) bond motifs is 1. The molecular formula is C13H15N3O4. The Morgan fingerprint density at radius 1 is 1.35 bits per heavy atom. The number of aliphatic carboxylic acids is 1. The van der Waals surface area contributed by atoms with Crippen molar-refractivity contribution in [1.82, 2.24) is 5.32 Å². The highest BCUT2D eigenvalue weighted by Gasteiger charge is 2.38. The molecule has 20 heavy (non-hydrogen) atoms. The first-order valence-electron chi connectivity index (χ1n) is 6.03. The fourth-order valence-electron chi connectivity index (χ4n) is 1.98. The number of hydrogen-bond donors (Lipinski definition) is 4. The van der Waals surface area contributed by atoms with Gasteiger partial charge in [-0.2, -0.15) is 0 Å². The molecule has 0 spiro atoms. The highest BCUT2D eigenvalue weighted by Crippen LogP contribution is 2.38. The molecule has 106 valence electrons. The first-order valence-corrected chi connectivity index (χ1v) is 6.03. The van der Waals surface area contributed by atoms with Crippen LogP contribution in [-0.2, 0) is 15.0 Å². The van der Waals surface area contributed by atoms with Crippen LogP contribution in [0.2, 0.25) is 0 Å². The minimum atomic E-state index is -1.12. The Labute approximate surface area is 115 Å². The van der Waals surface area contributed by atoms with Crippen LogP contribution in [0.5, 0.6) is 0 Å². The summed E-state index contributed by atoms with van der Waals surface area (Å²) in [5.41, 5.74) is 1.34. The van der Waals surface area contributed by atoms with Crippen LogP contribution in [0.1, 0.15) is 19.4 Å². The Bertz CT molecular complexity index is 595. The molecule has 1 aliphatic rings. The molecule has 0 saturated heterocycles. The minimum absolute atomic E-state index is 0.0972. The number of rotatable bonds is 3. The fraction of sp³-hybridized carbons (Fsp3) is 0.308. The van der Waals surface area contributed by atoms with Gasteiger partial charge in [0, 0.05) is 11.4 Å². The van der Waals surface area contributed by atoms with Gasteiger partial charge in [0.25, 0.3) is 0 Å². The molecule has 1 aromatic rings. The number of hydrogen-bond acceptors (Lipinski definition) is 3. The third-order valence-electron chi connectivity index (χ3n) is 3.17. The standard InChI is InChI=1S/C13H15N3O4/c1-13(2)8-5-7(3-4-9(8)16-11(13)19)15-12(20)14-6-10(17)18/h3-5H,6H2,1-2H3,(H,16,19)(H,17,18)(H2,14,15,20). The second-order valence-electron chi connectivity index (χ2n) is 5.04. The summed E-state index contributed by atoms with van der Waals surface area (Å²) in [6, 6.07) is 4.44. The molecule has 0 aromatic heterocycles. The largest absolute Gasteiger partial charge is 0.480 e. The van der Waals surface area contributed by atoms with Crippen LogP contribution in [0.3, 0.4) is 0 Å². The van der Waals surface area contributed by atoms with Crippen molar-refractivity contribution in [2.45, 2.75) is 19.3 Å². The highest BCUT2D eigenvalue weighted by molar-refractivity contribution is 6.06. The summed E-state index contributed by atoms with van der Waals surface area (Å²) < 4.78 is 0. The van der Waals surface area contributed by atoms with Crippen molar-refractivity contribution >= 4 is 29.3 Å². The topological polar surface area (TPSA) is 108 Å². The van der Waals surface area contributed by atoms with Gasteiger partial charge in [-0.3, -0.25) is 9.59 Å². The lowest BCUT2D eigenvalue weighted by Crippen LogP contribution is -2.33. The van der Waals surface area contributed by atoms with Crippen LogP contribution < -0.4 is 16.0 Å². The summed E-state index contributed by atoms with van der Waals surface area (Å²) in [6.45, 7) is 3.13. The van der Waals surface area contributed by atoms with Gasteiger partial charge < -0.3 is 21.1 Å². The molecule has 0 saturated carbocycles. The quantitative estimate of drug-likeness (QED) is 0.664. The number of carboxylic acid groups (broad SMARTS) is 1. The van der Waals surface area contributed by atoms with Gasteiger partial charge in [-0.25, -0.2) is 4.79 Å². The normalized spacial score (nSPS) is 15.2. The van der Waals surface area contributed by atoms with Crippen molar-refractivity contribution in [1.29, 1.82) is 0 Å². The predicted molar refractivity (Wildman–Crippen MR) is 72.8 cm³/mol. The average molecular weight is 277 g/mol. The van der Waals surface area contributed by atoms with E-state index in [1.165, 1.54) is 0 Å². The number of benzene rings is 1. The molecule has 1 aromatic carbocycles. The minimum Gasteiger partial charge on any atom is -0.480 e. The van der Waals surface area contributed by atoms with Crippen molar-refractivity contribution in [3.63, 3.8) is 0 Å². The number of anilines is 2. The lowest BCUT2D eigenvalue weighted by Gasteiger charge is -2.16. The number of nitrogens with one attached hydrogen (secondary N) is 3. The van der Waals surface area contributed by atoms with Gasteiger partial charge in [0.2, 0.25) is 5.91 Å². The predicted octanol–water partition coefficient (Wildman–Crippen LogP) is 1.12. The van der Waals surface area contributed by atoms with Crippen molar-refractivity contribution in [2.75, 3.05) is 17.2 Å². The number of amides is 3. The van der Waals surface area contributed by atoms with E-state index in [4.69, 9.17) is 5.11 Å². The molecule has 1 aliphatic heterocycles. The summed E-state index contributed by atoms with van der Waals surface area (Å²) >= 11 is 0. The Kier molecular flexibility index (Phi) is 3.35. The molecule has 0 aliphatic carbocycles. The van der Waals surface area contributed by atoms with Gasteiger partial charge in [-0.05, 0) is 37.6 Å². The van der Waals surface area contributed by atoms with E-state index in [-0.39, 0.29) is 5.91 Å². The van der Waals surface area contributed by atoms with Crippen molar-refractivity contribution in [3.8, 4) is 0 Å². The van der Waals surface area contributed by atoms with Crippen LogP contribution in [0.15, 0.2) is 18.2 Å². The summed E-state index contributed by atoms with van der Waals surface area (Å²) in [6.07, 6.45) is 0. The molecule has 2 rings (SSSR count). The first kappa shape index (κ1) is 13.9. The van der Waals surface area contributed by atoms with Gasteiger partial charge in [0.05, 0.1) is 5.41 Å². The number of carbonyl (C=O) groups excluding carboxylic acids is 2. The molecule has 1 heterocycles. The molecular weight excluding hydrogens is 262 g/mol. The third kappa shape index (κ3) is 2.56. The maximum atomic E-state index is 11.8. The van der Waals surface area contributed by atoms with Gasteiger partial charge >= 0.3 is 12.0 Å². The smallest absolute Gasteiger partial charge is 0.323 e. The molecule has 3 amide bonds. The molecule has 7 heteroatoms. The molecule has 0 unspecified atom stereocenters. The van der Waals surface area contributed by atoms with Crippen LogP contribution in [0.4, 0.5) is 16.2 Å². The van der Waals surface area contributed by atoms with Crippen molar-refractivity contribution in [2.24, 2.45) is 0 Å². The number of urea groups is 1. The van der Waals surface area contributed by atoms with E-state index in [1.807, 2.05) is 0 Å². The molecule has 0 fully saturated rings. The summed E-state index contributed by atoms with van der Waals surface area (Å²) in [5, 5.41) is 16.0. The van der Waals surface area contributed by atoms with Crippen LogP contribution in [-0.4, -0.2) is 29.6 Å². The Morgan fingerprint density at radius 3 is 2.70 bits per heavy atom. The maximum Gasteiger partial charge on any atom is 0.323 e. The Morgan fingerprint density at radius 2 is 2.05 bits per heavy atom. The number of carbonyl (C=O) groups is 3. The zero-order valence-electron chi connectivity index (χ0n) is 11.1. The van der Waals surface area contributed by atoms with Crippen molar-refractivity contribution in [3.05, 3.63) is 23.8 Å². The lowest BCUT2D eigenvalue weighted by atomic mass is 9.86. The van der Waals surface area contributed by atoms with E-state index in [2.05, 4.69) is 16.0 Å². The van der Waals surface area contributed by atoms with Gasteiger partial charge in [0.15, 0.2) is 0 Å².